The first-order chi connectivity index (χ1) is 12.2. The van der Waals surface area contributed by atoms with Crippen LogP contribution in [0.15, 0.2) is 17.1 Å². The highest BCUT2D eigenvalue weighted by molar-refractivity contribution is 5.79. The molecule has 6 nitrogen and oxygen atoms in total. The lowest BCUT2D eigenvalue weighted by molar-refractivity contribution is 0.324. The zero-order valence-electron chi connectivity index (χ0n) is 16.3. The Balaban J connectivity index is 2.77. The van der Waals surface area contributed by atoms with E-state index < -0.39 is 0 Å². The van der Waals surface area contributed by atoms with Crippen LogP contribution in [0.3, 0.4) is 0 Å². The van der Waals surface area contributed by atoms with Crippen molar-refractivity contribution in [3.05, 3.63) is 17.7 Å². The summed E-state index contributed by atoms with van der Waals surface area (Å²) >= 11 is 0. The van der Waals surface area contributed by atoms with Gasteiger partial charge in [0.25, 0.3) is 0 Å². The first kappa shape index (κ1) is 20.9. The molecule has 0 aliphatic rings. The van der Waals surface area contributed by atoms with E-state index in [0.717, 1.165) is 31.0 Å². The Bertz CT molecular complexity index is 508. The predicted octanol–water partition coefficient (Wildman–Crippen LogP) is 3.35. The minimum Gasteiger partial charge on any atom is -0.493 e. The van der Waals surface area contributed by atoms with Gasteiger partial charge in [-0.1, -0.05) is 26.2 Å². The van der Waals surface area contributed by atoms with Crippen LogP contribution in [0, 0.1) is 0 Å². The predicted molar refractivity (Wildman–Crippen MR) is 103 cm³/mol. The number of nitrogens with one attached hydrogen (secondary N) is 2. The largest absolute Gasteiger partial charge is 0.493 e. The second-order valence-electron chi connectivity index (χ2n) is 5.72. The van der Waals surface area contributed by atoms with Gasteiger partial charge in [0.15, 0.2) is 17.5 Å². The van der Waals surface area contributed by atoms with E-state index in [1.807, 2.05) is 12.1 Å². The van der Waals surface area contributed by atoms with Gasteiger partial charge in [0, 0.05) is 13.1 Å². The van der Waals surface area contributed by atoms with Crippen molar-refractivity contribution in [2.24, 2.45) is 4.99 Å². The lowest BCUT2D eigenvalue weighted by atomic mass is 10.2. The van der Waals surface area contributed by atoms with Gasteiger partial charge in [-0.15, -0.1) is 0 Å². The van der Waals surface area contributed by atoms with Crippen molar-refractivity contribution in [2.75, 3.05) is 34.4 Å². The average molecular weight is 351 g/mol. The lowest BCUT2D eigenvalue weighted by Crippen LogP contribution is -2.37. The summed E-state index contributed by atoms with van der Waals surface area (Å²) in [5, 5.41) is 6.66. The number of guanidine groups is 1. The monoisotopic (exact) mass is 351 g/mol. The summed E-state index contributed by atoms with van der Waals surface area (Å²) in [6, 6.07) is 3.85. The molecule has 0 aliphatic heterocycles. The van der Waals surface area contributed by atoms with Crippen LogP contribution in [0.4, 0.5) is 0 Å². The number of hydrogen-bond acceptors (Lipinski definition) is 4. The van der Waals surface area contributed by atoms with Crippen LogP contribution in [-0.2, 0) is 6.54 Å². The summed E-state index contributed by atoms with van der Waals surface area (Å²) < 4.78 is 16.1. The molecule has 1 rings (SSSR count). The number of methoxy groups -OCH3 is 3. The zero-order valence-corrected chi connectivity index (χ0v) is 16.3. The third-order valence-corrected chi connectivity index (χ3v) is 3.81. The van der Waals surface area contributed by atoms with Crippen molar-refractivity contribution in [2.45, 2.75) is 46.1 Å². The summed E-state index contributed by atoms with van der Waals surface area (Å²) in [6.45, 7) is 6.57. The molecule has 6 heteroatoms. The van der Waals surface area contributed by atoms with E-state index in [0.29, 0.717) is 23.8 Å². The second-order valence-corrected chi connectivity index (χ2v) is 5.72. The van der Waals surface area contributed by atoms with Crippen molar-refractivity contribution in [1.82, 2.24) is 10.6 Å². The molecule has 1 aromatic carbocycles. The van der Waals surface area contributed by atoms with E-state index in [4.69, 9.17) is 14.2 Å². The van der Waals surface area contributed by atoms with Crippen LogP contribution in [0.2, 0.25) is 0 Å². The standard InChI is InChI=1S/C19H33N3O3/c1-6-8-9-10-11-21-19(20-7-2)22-14-15-12-16(23-3)18(25-5)17(13-15)24-4/h12-13H,6-11,14H2,1-5H3,(H2,20,21,22). The summed E-state index contributed by atoms with van der Waals surface area (Å²) in [6.07, 6.45) is 4.92. The summed E-state index contributed by atoms with van der Waals surface area (Å²) in [7, 11) is 4.84. The fraction of sp³-hybridized carbons (Fsp3) is 0.632. The maximum absolute atomic E-state index is 5.39. The molecule has 0 amide bonds. The Hall–Kier alpha value is -2.11. The molecule has 0 saturated carbocycles. The third kappa shape index (κ3) is 7.11. The van der Waals surface area contributed by atoms with Crippen molar-refractivity contribution >= 4 is 5.96 Å². The lowest BCUT2D eigenvalue weighted by Gasteiger charge is -2.14. The maximum atomic E-state index is 5.39. The number of benzene rings is 1. The van der Waals surface area contributed by atoms with E-state index in [2.05, 4.69) is 29.5 Å². The molecular weight excluding hydrogens is 318 g/mol. The van der Waals surface area contributed by atoms with Crippen LogP contribution in [0.1, 0.15) is 45.1 Å². The first-order valence-electron chi connectivity index (χ1n) is 9.01. The second kappa shape index (κ2) is 12.3. The van der Waals surface area contributed by atoms with Gasteiger partial charge in [0.2, 0.25) is 5.75 Å². The smallest absolute Gasteiger partial charge is 0.203 e. The van der Waals surface area contributed by atoms with E-state index in [1.165, 1.54) is 19.3 Å². The highest BCUT2D eigenvalue weighted by Gasteiger charge is 2.13. The van der Waals surface area contributed by atoms with Gasteiger partial charge in [-0.2, -0.15) is 0 Å². The number of nitrogens with zero attached hydrogens (tertiary/aromatic N) is 1. The first-order valence-corrected chi connectivity index (χ1v) is 9.01. The van der Waals surface area contributed by atoms with E-state index in [9.17, 15) is 0 Å². The Labute approximate surface area is 152 Å². The molecule has 1 aromatic rings. The van der Waals surface area contributed by atoms with Crippen LogP contribution in [-0.4, -0.2) is 40.4 Å². The van der Waals surface area contributed by atoms with Gasteiger partial charge in [-0.25, -0.2) is 4.99 Å². The van der Waals surface area contributed by atoms with Crippen LogP contribution < -0.4 is 24.8 Å². The van der Waals surface area contributed by atoms with Gasteiger partial charge < -0.3 is 24.8 Å². The number of hydrogen-bond donors (Lipinski definition) is 2. The molecule has 2 N–H and O–H groups in total. The number of ether oxygens (including phenoxy) is 3. The van der Waals surface area contributed by atoms with Crippen LogP contribution in [0.5, 0.6) is 17.2 Å². The third-order valence-electron chi connectivity index (χ3n) is 3.81. The summed E-state index contributed by atoms with van der Waals surface area (Å²) in [5.41, 5.74) is 0.998. The van der Waals surface area contributed by atoms with Crippen molar-refractivity contribution in [1.29, 1.82) is 0 Å². The highest BCUT2D eigenvalue weighted by atomic mass is 16.5. The molecule has 0 aromatic heterocycles. The van der Waals surface area contributed by atoms with E-state index >= 15 is 0 Å². The molecule has 142 valence electrons. The van der Waals surface area contributed by atoms with Gasteiger partial charge in [-0.05, 0) is 31.0 Å². The molecule has 0 saturated heterocycles. The average Bonchev–Trinajstić information content (AvgIpc) is 2.64. The normalized spacial score (nSPS) is 11.2. The number of unbranched alkanes of at least 4 members (excludes halogenated alkanes) is 3. The Kier molecular flexibility index (Phi) is 10.3. The van der Waals surface area contributed by atoms with Crippen LogP contribution in [0.25, 0.3) is 0 Å². The minimum atomic E-state index is 0.529. The SMILES string of the molecule is CCCCCCNC(=NCc1cc(OC)c(OC)c(OC)c1)NCC. The van der Waals surface area contributed by atoms with E-state index in [1.54, 1.807) is 21.3 Å². The molecular formula is C19H33N3O3. The van der Waals surface area contributed by atoms with Gasteiger partial charge in [0.1, 0.15) is 0 Å². The van der Waals surface area contributed by atoms with Crippen LogP contribution >= 0.6 is 0 Å². The van der Waals surface area contributed by atoms with Gasteiger partial charge >= 0.3 is 0 Å². The molecule has 0 heterocycles. The topological polar surface area (TPSA) is 64.1 Å². The molecule has 0 bridgehead atoms. The molecule has 25 heavy (non-hydrogen) atoms. The molecule has 0 unspecified atom stereocenters. The Morgan fingerprint density at radius 3 is 2.12 bits per heavy atom. The van der Waals surface area contributed by atoms with Crippen molar-refractivity contribution in [3.8, 4) is 17.2 Å². The maximum Gasteiger partial charge on any atom is 0.203 e. The molecule has 0 aliphatic carbocycles. The van der Waals surface area contributed by atoms with Gasteiger partial charge in [0.05, 0.1) is 27.9 Å². The minimum absolute atomic E-state index is 0.529. The summed E-state index contributed by atoms with van der Waals surface area (Å²) in [4.78, 5) is 4.65. The molecule has 0 radical (unpaired) electrons. The van der Waals surface area contributed by atoms with Gasteiger partial charge in [-0.3, -0.25) is 0 Å². The quantitative estimate of drug-likeness (QED) is 0.364. The number of aliphatic imine (C=N–C) groups is 1. The number of rotatable bonds is 11. The summed E-state index contributed by atoms with van der Waals surface area (Å²) in [5.74, 6) is 2.71. The van der Waals surface area contributed by atoms with E-state index in [-0.39, 0.29) is 0 Å². The molecule has 0 atom stereocenters. The Morgan fingerprint density at radius 1 is 0.920 bits per heavy atom. The fourth-order valence-electron chi connectivity index (χ4n) is 2.50. The van der Waals surface area contributed by atoms with Crippen molar-refractivity contribution in [3.63, 3.8) is 0 Å². The fourth-order valence-corrected chi connectivity index (χ4v) is 2.50. The van der Waals surface area contributed by atoms with Crippen molar-refractivity contribution < 1.29 is 14.2 Å². The molecule has 0 fully saturated rings. The zero-order chi connectivity index (χ0) is 18.5. The highest BCUT2D eigenvalue weighted by Crippen LogP contribution is 2.38. The Morgan fingerprint density at radius 2 is 1.60 bits per heavy atom. The molecule has 0 spiro atoms.